The first-order valence-electron chi connectivity index (χ1n) is 8.36. The lowest BCUT2D eigenvalue weighted by atomic mass is 9.88. The third kappa shape index (κ3) is 4.42. The van der Waals surface area contributed by atoms with Crippen molar-refractivity contribution in [1.29, 1.82) is 0 Å². The highest BCUT2D eigenvalue weighted by Crippen LogP contribution is 2.29. The zero-order valence-electron chi connectivity index (χ0n) is 15.5. The molecule has 3 aromatic heterocycles. The van der Waals surface area contributed by atoms with E-state index in [-0.39, 0.29) is 11.6 Å². The number of pyridine rings is 1. The van der Waals surface area contributed by atoms with Gasteiger partial charge in [0.05, 0.1) is 18.1 Å². The quantitative estimate of drug-likeness (QED) is 0.593. The number of sulfonamides is 1. The van der Waals surface area contributed by atoms with E-state index in [1.165, 1.54) is 6.07 Å². The summed E-state index contributed by atoms with van der Waals surface area (Å²) in [6.45, 7) is 5.39. The number of aromatic nitrogens is 4. The van der Waals surface area contributed by atoms with E-state index < -0.39 is 38.9 Å². The molecule has 3 rings (SSSR count). The molecular weight excluding hydrogens is 390 g/mol. The van der Waals surface area contributed by atoms with Crippen LogP contribution in [0.4, 0.5) is 14.6 Å². The maximum absolute atomic E-state index is 14.3. The number of rotatable bonds is 5. The molecule has 28 heavy (non-hydrogen) atoms. The van der Waals surface area contributed by atoms with Crippen LogP contribution in [0.1, 0.15) is 20.8 Å². The van der Waals surface area contributed by atoms with Crippen LogP contribution in [0.25, 0.3) is 22.4 Å². The van der Waals surface area contributed by atoms with Crippen molar-refractivity contribution in [3.8, 4) is 11.4 Å². The minimum atomic E-state index is -3.81. The van der Waals surface area contributed by atoms with E-state index in [1.807, 2.05) is 0 Å². The van der Waals surface area contributed by atoms with Gasteiger partial charge in [0.15, 0.2) is 17.5 Å². The van der Waals surface area contributed by atoms with Gasteiger partial charge >= 0.3 is 0 Å². The lowest BCUT2D eigenvalue weighted by molar-refractivity contribution is 0.358. The van der Waals surface area contributed by atoms with Crippen molar-refractivity contribution in [2.45, 2.75) is 26.8 Å². The summed E-state index contributed by atoms with van der Waals surface area (Å²) < 4.78 is 51.0. The molecule has 150 valence electrons. The average Bonchev–Trinajstić information content (AvgIpc) is 2.97. The Hall–Kier alpha value is -2.66. The molecule has 4 N–H and O–H groups in total. The van der Waals surface area contributed by atoms with Crippen molar-refractivity contribution >= 4 is 26.9 Å². The second-order valence-electron chi connectivity index (χ2n) is 7.53. The van der Waals surface area contributed by atoms with E-state index in [9.17, 15) is 17.2 Å². The van der Waals surface area contributed by atoms with Crippen LogP contribution in [0.3, 0.4) is 0 Å². The number of aromatic amines is 1. The summed E-state index contributed by atoms with van der Waals surface area (Å²) in [5.74, 6) is -1.73. The number of primary sulfonamides is 1. The fraction of sp³-hybridized carbons (Fsp3) is 0.353. The van der Waals surface area contributed by atoms with Crippen LogP contribution in [0.15, 0.2) is 24.7 Å². The summed E-state index contributed by atoms with van der Waals surface area (Å²) in [5.41, 5.74) is 0.308. The van der Waals surface area contributed by atoms with E-state index in [0.29, 0.717) is 16.6 Å². The van der Waals surface area contributed by atoms with Gasteiger partial charge in [0.25, 0.3) is 0 Å². The molecule has 0 unspecified atom stereocenters. The van der Waals surface area contributed by atoms with E-state index in [2.05, 4.69) is 25.3 Å². The Morgan fingerprint density at radius 3 is 2.61 bits per heavy atom. The lowest BCUT2D eigenvalue weighted by Gasteiger charge is -2.31. The van der Waals surface area contributed by atoms with E-state index in [1.54, 1.807) is 27.0 Å². The van der Waals surface area contributed by atoms with Gasteiger partial charge in [-0.25, -0.2) is 37.3 Å². The number of nitrogens with one attached hydrogen (secondary N) is 2. The molecule has 1 atom stereocenters. The van der Waals surface area contributed by atoms with Crippen molar-refractivity contribution < 1.29 is 17.2 Å². The average molecular weight is 410 g/mol. The molecule has 0 aromatic carbocycles. The Labute approximate surface area is 160 Å². The van der Waals surface area contributed by atoms with Crippen molar-refractivity contribution in [3.05, 3.63) is 36.3 Å². The molecule has 0 amide bonds. The molecule has 0 saturated heterocycles. The molecule has 0 spiro atoms. The van der Waals surface area contributed by atoms with Gasteiger partial charge in [-0.2, -0.15) is 0 Å². The van der Waals surface area contributed by atoms with Crippen LogP contribution in [-0.4, -0.2) is 40.1 Å². The number of fused-ring (bicyclic) bond motifs is 1. The van der Waals surface area contributed by atoms with E-state index >= 15 is 0 Å². The highest BCUT2D eigenvalue weighted by molar-refractivity contribution is 7.89. The summed E-state index contributed by atoms with van der Waals surface area (Å²) in [5, 5.41) is 8.43. The molecular formula is C17H20F2N6O2S. The predicted molar refractivity (Wildman–Crippen MR) is 102 cm³/mol. The minimum Gasteiger partial charge on any atom is -0.363 e. The van der Waals surface area contributed by atoms with Crippen LogP contribution in [-0.2, 0) is 10.0 Å². The first-order chi connectivity index (χ1) is 12.9. The Morgan fingerprint density at radius 2 is 1.96 bits per heavy atom. The molecule has 0 radical (unpaired) electrons. The van der Waals surface area contributed by atoms with Gasteiger partial charge < -0.3 is 10.3 Å². The summed E-state index contributed by atoms with van der Waals surface area (Å²) in [6, 6.07) is 0.564. The molecule has 3 aromatic rings. The summed E-state index contributed by atoms with van der Waals surface area (Å²) in [4.78, 5) is 14.9. The Kier molecular flexibility index (Phi) is 5.06. The zero-order valence-corrected chi connectivity index (χ0v) is 16.3. The number of hydrogen-bond acceptors (Lipinski definition) is 6. The van der Waals surface area contributed by atoms with Crippen molar-refractivity contribution in [2.75, 3.05) is 11.1 Å². The number of nitrogens with two attached hydrogens (primary N) is 1. The third-order valence-corrected chi connectivity index (χ3v) is 5.04. The first-order valence-corrected chi connectivity index (χ1v) is 10.1. The van der Waals surface area contributed by atoms with Crippen molar-refractivity contribution in [3.63, 3.8) is 0 Å². The lowest BCUT2D eigenvalue weighted by Crippen LogP contribution is -2.42. The van der Waals surface area contributed by atoms with Crippen molar-refractivity contribution in [1.82, 2.24) is 19.9 Å². The second kappa shape index (κ2) is 7.06. The van der Waals surface area contributed by atoms with Gasteiger partial charge in [-0.1, -0.05) is 20.8 Å². The van der Waals surface area contributed by atoms with Crippen LogP contribution in [0, 0.1) is 17.0 Å². The van der Waals surface area contributed by atoms with E-state index in [4.69, 9.17) is 5.14 Å². The van der Waals surface area contributed by atoms with Gasteiger partial charge in [-0.05, 0) is 11.5 Å². The van der Waals surface area contributed by atoms with Gasteiger partial charge in [0, 0.05) is 23.2 Å². The topological polar surface area (TPSA) is 127 Å². The first kappa shape index (κ1) is 20.1. The fourth-order valence-corrected chi connectivity index (χ4v) is 3.71. The Bertz CT molecular complexity index is 1120. The second-order valence-corrected chi connectivity index (χ2v) is 9.19. The fourth-order valence-electron chi connectivity index (χ4n) is 2.67. The maximum atomic E-state index is 14.3. The summed E-state index contributed by atoms with van der Waals surface area (Å²) in [6.07, 6.45) is 3.58. The maximum Gasteiger partial charge on any atom is 0.211 e. The Morgan fingerprint density at radius 1 is 1.25 bits per heavy atom. The largest absolute Gasteiger partial charge is 0.363 e. The monoisotopic (exact) mass is 410 g/mol. The van der Waals surface area contributed by atoms with Crippen LogP contribution < -0.4 is 10.5 Å². The standard InChI is InChI=1S/C17H20F2N6O2S/c1-17(2,3)13(8-28(20,26)27)24-16-12(19)7-23-15(25-16)11-6-22-14-10(11)4-9(18)5-21-14/h4-7,13H,8H2,1-3H3,(H,21,22)(H2,20,26,27)(H,23,24,25)/t13-/m1/s1. The molecule has 0 bridgehead atoms. The molecule has 11 heteroatoms. The molecule has 0 fully saturated rings. The minimum absolute atomic E-state index is 0.130. The molecule has 0 saturated carbocycles. The van der Waals surface area contributed by atoms with Crippen LogP contribution >= 0.6 is 0 Å². The predicted octanol–water partition coefficient (Wildman–Crippen LogP) is 2.41. The normalized spacial score (nSPS) is 13.6. The number of halogens is 2. The highest BCUT2D eigenvalue weighted by Gasteiger charge is 2.29. The van der Waals surface area contributed by atoms with Crippen molar-refractivity contribution in [2.24, 2.45) is 10.6 Å². The number of hydrogen-bond donors (Lipinski definition) is 3. The smallest absolute Gasteiger partial charge is 0.211 e. The summed E-state index contributed by atoms with van der Waals surface area (Å²) in [7, 11) is -3.81. The SMILES string of the molecule is CC(C)(C)[C@@H](CS(N)(=O)=O)Nc1nc(-c2c[nH]c3ncc(F)cc23)ncc1F. The van der Waals surface area contributed by atoms with Crippen LogP contribution in [0.2, 0.25) is 0 Å². The number of nitrogens with zero attached hydrogens (tertiary/aromatic N) is 3. The molecule has 0 aliphatic heterocycles. The molecule has 0 aliphatic carbocycles. The zero-order chi connectivity index (χ0) is 20.7. The van der Waals surface area contributed by atoms with Gasteiger partial charge in [-0.3, -0.25) is 0 Å². The highest BCUT2D eigenvalue weighted by atomic mass is 32.2. The molecule has 0 aliphatic rings. The van der Waals surface area contributed by atoms with Gasteiger partial charge in [-0.15, -0.1) is 0 Å². The summed E-state index contributed by atoms with van der Waals surface area (Å²) >= 11 is 0. The molecule has 3 heterocycles. The van der Waals surface area contributed by atoms with Gasteiger partial charge in [0.1, 0.15) is 11.5 Å². The van der Waals surface area contributed by atoms with Gasteiger partial charge in [0.2, 0.25) is 10.0 Å². The third-order valence-electron chi connectivity index (χ3n) is 4.24. The van der Waals surface area contributed by atoms with E-state index in [0.717, 1.165) is 12.4 Å². The Balaban J connectivity index is 2.02. The number of anilines is 1. The number of H-pyrrole nitrogens is 1. The molecule has 8 nitrogen and oxygen atoms in total. The van der Waals surface area contributed by atoms with Crippen LogP contribution in [0.5, 0.6) is 0 Å².